The van der Waals surface area contributed by atoms with Gasteiger partial charge in [-0.1, -0.05) is 6.07 Å². The molecule has 0 fully saturated rings. The minimum atomic E-state index is -4.83. The molecule has 0 aliphatic rings. The van der Waals surface area contributed by atoms with Gasteiger partial charge in [0.05, 0.1) is 16.8 Å². The van der Waals surface area contributed by atoms with E-state index < -0.39 is 40.8 Å². The van der Waals surface area contributed by atoms with Crippen LogP contribution in [0.1, 0.15) is 34.8 Å². The third kappa shape index (κ3) is 2.54. The Kier molecular flexibility index (Phi) is 3.40. The minimum Gasteiger partial charge on any atom is -0.398 e. The second kappa shape index (κ2) is 4.31. The van der Waals surface area contributed by atoms with Crippen molar-refractivity contribution in [1.29, 1.82) is 0 Å². The normalized spacial score (nSPS) is 11.9. The Labute approximate surface area is 93.2 Å². The third-order valence-electron chi connectivity index (χ3n) is 2.19. The Morgan fingerprint density at radius 3 is 2.18 bits per heavy atom. The molecule has 1 aromatic carbocycles. The molecular formula is C10H8F5NO. The van der Waals surface area contributed by atoms with E-state index in [9.17, 15) is 26.7 Å². The highest BCUT2D eigenvalue weighted by Gasteiger charge is 2.36. The molecule has 0 saturated carbocycles. The van der Waals surface area contributed by atoms with Crippen LogP contribution in [-0.2, 0) is 6.18 Å². The Morgan fingerprint density at radius 1 is 1.29 bits per heavy atom. The van der Waals surface area contributed by atoms with Gasteiger partial charge < -0.3 is 5.73 Å². The minimum absolute atomic E-state index is 0.495. The first kappa shape index (κ1) is 13.4. The smallest absolute Gasteiger partial charge is 0.398 e. The fourth-order valence-corrected chi connectivity index (χ4v) is 1.43. The second-order valence-corrected chi connectivity index (χ2v) is 3.34. The number of hydrogen-bond donors (Lipinski definition) is 1. The number of nitrogen functional groups attached to an aromatic ring is 1. The van der Waals surface area contributed by atoms with Crippen molar-refractivity contribution in [3.05, 3.63) is 28.8 Å². The van der Waals surface area contributed by atoms with Crippen molar-refractivity contribution in [3.63, 3.8) is 0 Å². The summed E-state index contributed by atoms with van der Waals surface area (Å²) >= 11 is 0. The van der Waals surface area contributed by atoms with Gasteiger partial charge >= 0.3 is 6.18 Å². The molecule has 7 heteroatoms. The van der Waals surface area contributed by atoms with Crippen LogP contribution in [0.4, 0.5) is 27.6 Å². The van der Waals surface area contributed by atoms with Crippen LogP contribution in [0, 0.1) is 0 Å². The number of carbonyl (C=O) groups is 1. The van der Waals surface area contributed by atoms with E-state index in [-0.39, 0.29) is 0 Å². The van der Waals surface area contributed by atoms with Crippen LogP contribution in [0.2, 0.25) is 0 Å². The summed E-state index contributed by atoms with van der Waals surface area (Å²) in [5.41, 5.74) is 1.04. The van der Waals surface area contributed by atoms with Gasteiger partial charge in [0.15, 0.2) is 5.78 Å². The zero-order chi connectivity index (χ0) is 13.4. The van der Waals surface area contributed by atoms with Crippen LogP contribution < -0.4 is 5.73 Å². The molecule has 0 spiro atoms. The van der Waals surface area contributed by atoms with Gasteiger partial charge in [0.2, 0.25) is 0 Å². The Balaban J connectivity index is 3.55. The summed E-state index contributed by atoms with van der Waals surface area (Å²) in [5.74, 6) is -0.763. The summed E-state index contributed by atoms with van der Waals surface area (Å²) in [6.45, 7) is 0.980. The van der Waals surface area contributed by atoms with Crippen molar-refractivity contribution in [2.24, 2.45) is 0 Å². The summed E-state index contributed by atoms with van der Waals surface area (Å²) in [4.78, 5) is 11.0. The Bertz CT molecular complexity index is 453. The van der Waals surface area contributed by atoms with Crippen molar-refractivity contribution < 1.29 is 26.7 Å². The van der Waals surface area contributed by atoms with Crippen LogP contribution in [0.5, 0.6) is 0 Å². The molecule has 1 aromatic rings. The maximum absolute atomic E-state index is 12.6. The average Bonchev–Trinajstić information content (AvgIpc) is 2.13. The van der Waals surface area contributed by atoms with Crippen LogP contribution in [0.15, 0.2) is 12.1 Å². The topological polar surface area (TPSA) is 43.1 Å². The molecule has 0 bridgehead atoms. The number of alkyl halides is 5. The average molecular weight is 253 g/mol. The molecule has 1 rings (SSSR count). The predicted molar refractivity (Wildman–Crippen MR) is 50.8 cm³/mol. The quantitative estimate of drug-likeness (QED) is 0.498. The van der Waals surface area contributed by atoms with Gasteiger partial charge in [-0.15, -0.1) is 0 Å². The number of anilines is 1. The monoisotopic (exact) mass is 253 g/mol. The van der Waals surface area contributed by atoms with E-state index in [1.807, 2.05) is 0 Å². The highest BCUT2D eigenvalue weighted by Crippen LogP contribution is 2.39. The lowest BCUT2D eigenvalue weighted by atomic mass is 9.98. The first-order valence-corrected chi connectivity index (χ1v) is 4.45. The predicted octanol–water partition coefficient (Wildman–Crippen LogP) is 3.43. The van der Waals surface area contributed by atoms with Crippen LogP contribution in [0.25, 0.3) is 0 Å². The van der Waals surface area contributed by atoms with Gasteiger partial charge in [0.25, 0.3) is 6.43 Å². The molecule has 0 radical (unpaired) electrons. The number of rotatable bonds is 2. The van der Waals surface area contributed by atoms with E-state index in [0.29, 0.717) is 12.1 Å². The first-order valence-electron chi connectivity index (χ1n) is 4.45. The van der Waals surface area contributed by atoms with Gasteiger partial charge in [-0.05, 0) is 13.0 Å². The molecular weight excluding hydrogens is 245 g/mol. The number of Topliss-reactive ketones (excluding diaryl/α,β-unsaturated/α-hetero) is 1. The van der Waals surface area contributed by atoms with Gasteiger partial charge in [0.1, 0.15) is 0 Å². The van der Waals surface area contributed by atoms with Crippen molar-refractivity contribution >= 4 is 11.5 Å². The van der Waals surface area contributed by atoms with E-state index in [2.05, 4.69) is 0 Å². The van der Waals surface area contributed by atoms with Crippen molar-refractivity contribution in [2.45, 2.75) is 19.5 Å². The number of benzene rings is 1. The highest BCUT2D eigenvalue weighted by molar-refractivity contribution is 5.97. The number of carbonyl (C=O) groups excluding carboxylic acids is 1. The molecule has 0 unspecified atom stereocenters. The zero-order valence-corrected chi connectivity index (χ0v) is 8.61. The van der Waals surface area contributed by atoms with Gasteiger partial charge in [-0.2, -0.15) is 13.2 Å². The second-order valence-electron chi connectivity index (χ2n) is 3.34. The molecule has 0 saturated heterocycles. The van der Waals surface area contributed by atoms with Gasteiger partial charge in [-0.3, -0.25) is 4.79 Å². The molecule has 0 aliphatic heterocycles. The highest BCUT2D eigenvalue weighted by atomic mass is 19.4. The number of halogens is 5. The molecule has 2 N–H and O–H groups in total. The molecule has 17 heavy (non-hydrogen) atoms. The van der Waals surface area contributed by atoms with Crippen LogP contribution in [0.3, 0.4) is 0 Å². The van der Waals surface area contributed by atoms with E-state index in [1.54, 1.807) is 0 Å². The number of ketones is 1. The molecule has 94 valence electrons. The first-order chi connectivity index (χ1) is 7.66. The molecule has 2 nitrogen and oxygen atoms in total. The van der Waals surface area contributed by atoms with E-state index in [1.165, 1.54) is 0 Å². The zero-order valence-electron chi connectivity index (χ0n) is 8.61. The van der Waals surface area contributed by atoms with Crippen LogP contribution in [-0.4, -0.2) is 5.78 Å². The van der Waals surface area contributed by atoms with E-state index in [4.69, 9.17) is 5.73 Å². The Morgan fingerprint density at radius 2 is 1.82 bits per heavy atom. The lowest BCUT2D eigenvalue weighted by Gasteiger charge is -2.15. The van der Waals surface area contributed by atoms with E-state index >= 15 is 0 Å². The molecule has 0 aromatic heterocycles. The lowest BCUT2D eigenvalue weighted by molar-refractivity contribution is -0.137. The van der Waals surface area contributed by atoms with Gasteiger partial charge in [-0.25, -0.2) is 8.78 Å². The van der Waals surface area contributed by atoms with Crippen molar-refractivity contribution in [2.75, 3.05) is 5.73 Å². The maximum atomic E-state index is 12.6. The van der Waals surface area contributed by atoms with E-state index in [0.717, 1.165) is 6.92 Å². The molecule has 0 aliphatic carbocycles. The largest absolute Gasteiger partial charge is 0.418 e. The fourth-order valence-electron chi connectivity index (χ4n) is 1.43. The summed E-state index contributed by atoms with van der Waals surface area (Å²) < 4.78 is 62.5. The molecule has 0 heterocycles. The SMILES string of the molecule is CC(=O)c1ccc(C(F)(F)F)c(N)c1C(F)F. The number of nitrogens with two attached hydrogens (primary N) is 1. The number of hydrogen-bond acceptors (Lipinski definition) is 2. The summed E-state index contributed by atoms with van der Waals surface area (Å²) in [7, 11) is 0. The Hall–Kier alpha value is -1.66. The van der Waals surface area contributed by atoms with Crippen LogP contribution >= 0.6 is 0 Å². The van der Waals surface area contributed by atoms with Crippen molar-refractivity contribution in [3.8, 4) is 0 Å². The fraction of sp³-hybridized carbons (Fsp3) is 0.300. The molecule has 0 amide bonds. The third-order valence-corrected chi connectivity index (χ3v) is 2.19. The summed E-state index contributed by atoms with van der Waals surface area (Å²) in [6.07, 6.45) is -8.07. The van der Waals surface area contributed by atoms with Gasteiger partial charge in [0, 0.05) is 5.56 Å². The maximum Gasteiger partial charge on any atom is 0.418 e. The van der Waals surface area contributed by atoms with Crippen molar-refractivity contribution in [1.82, 2.24) is 0 Å². The standard InChI is InChI=1S/C10H8F5NO/c1-4(17)5-2-3-6(10(13,14)15)8(16)7(5)9(11)12/h2-3,9H,16H2,1H3. The summed E-state index contributed by atoms with van der Waals surface area (Å²) in [5, 5.41) is 0. The summed E-state index contributed by atoms with van der Waals surface area (Å²) in [6, 6.07) is 1.24. The lowest BCUT2D eigenvalue weighted by Crippen LogP contribution is -2.14. The molecule has 0 atom stereocenters.